The van der Waals surface area contributed by atoms with Crippen LogP contribution in [0, 0.1) is 5.82 Å². The largest absolute Gasteiger partial charge is 0.497 e. The third kappa shape index (κ3) is 9.58. The molecule has 0 heterocycles. The van der Waals surface area contributed by atoms with Gasteiger partial charge in [-0.3, -0.25) is 13.9 Å². The lowest BCUT2D eigenvalue weighted by atomic mass is 10.0. The highest BCUT2D eigenvalue weighted by molar-refractivity contribution is 7.92. The number of hydrogen-bond donors (Lipinski definition) is 1. The Morgan fingerprint density at radius 3 is 2.31 bits per heavy atom. The van der Waals surface area contributed by atoms with Crippen LogP contribution in [0.4, 0.5) is 10.1 Å². The molecular weight excluding hydrogens is 557 g/mol. The number of hydrogen-bond acceptors (Lipinski definition) is 5. The van der Waals surface area contributed by atoms with E-state index in [4.69, 9.17) is 4.74 Å². The second-order valence-corrected chi connectivity index (χ2v) is 12.0. The zero-order chi connectivity index (χ0) is 30.5. The van der Waals surface area contributed by atoms with Crippen LogP contribution >= 0.6 is 0 Å². The molecule has 2 amide bonds. The molecular formula is C32H40FN3O5S. The normalized spacial score (nSPS) is 11.9. The Kier molecular flexibility index (Phi) is 12.3. The van der Waals surface area contributed by atoms with Crippen molar-refractivity contribution in [3.8, 4) is 5.75 Å². The van der Waals surface area contributed by atoms with Gasteiger partial charge in [0.05, 0.1) is 19.1 Å². The summed E-state index contributed by atoms with van der Waals surface area (Å²) >= 11 is 0. The molecule has 0 radical (unpaired) electrons. The van der Waals surface area contributed by atoms with Crippen LogP contribution in [0.5, 0.6) is 5.75 Å². The topological polar surface area (TPSA) is 96.0 Å². The molecule has 0 aliphatic heterocycles. The van der Waals surface area contributed by atoms with Crippen molar-refractivity contribution in [1.82, 2.24) is 10.2 Å². The summed E-state index contributed by atoms with van der Waals surface area (Å²) in [6, 6.07) is 21.6. The van der Waals surface area contributed by atoms with Crippen LogP contribution in [0.2, 0.25) is 0 Å². The van der Waals surface area contributed by atoms with E-state index in [-0.39, 0.29) is 43.4 Å². The first-order chi connectivity index (χ1) is 20.1. The highest BCUT2D eigenvalue weighted by Gasteiger charge is 2.30. The Bertz CT molecular complexity index is 1420. The lowest BCUT2D eigenvalue weighted by Crippen LogP contribution is -2.50. The van der Waals surface area contributed by atoms with E-state index < -0.39 is 21.9 Å². The second-order valence-electron chi connectivity index (χ2n) is 10.1. The van der Waals surface area contributed by atoms with Gasteiger partial charge in [-0.05, 0) is 48.2 Å². The number of methoxy groups -OCH3 is 1. The second kappa shape index (κ2) is 15.9. The van der Waals surface area contributed by atoms with Crippen LogP contribution in [0.3, 0.4) is 0 Å². The van der Waals surface area contributed by atoms with E-state index in [0.717, 1.165) is 34.5 Å². The SMILES string of the molecule is CCCCNC(=O)C(Cc1ccccc1)N(Cc1cccc(OC)c1)C(=O)CCCN(c1ccccc1F)S(C)(=O)=O. The van der Waals surface area contributed by atoms with Crippen LogP contribution < -0.4 is 14.4 Å². The van der Waals surface area contributed by atoms with Gasteiger partial charge < -0.3 is 15.0 Å². The minimum Gasteiger partial charge on any atom is -0.497 e. The summed E-state index contributed by atoms with van der Waals surface area (Å²) in [6.07, 6.45) is 3.12. The predicted octanol–water partition coefficient (Wildman–Crippen LogP) is 4.94. The number of anilines is 1. The van der Waals surface area contributed by atoms with Crippen molar-refractivity contribution < 1.29 is 27.1 Å². The Morgan fingerprint density at radius 2 is 1.64 bits per heavy atom. The van der Waals surface area contributed by atoms with E-state index >= 15 is 0 Å². The quantitative estimate of drug-likeness (QED) is 0.236. The Labute approximate surface area is 248 Å². The number of unbranched alkanes of at least 4 members (excludes halogenated alkanes) is 1. The summed E-state index contributed by atoms with van der Waals surface area (Å²) in [5, 5.41) is 2.98. The minimum atomic E-state index is -3.81. The molecule has 0 aliphatic rings. The third-order valence-corrected chi connectivity index (χ3v) is 8.04. The standard InChI is InChI=1S/C32H40FN3O5S/c1-4-5-20-34-32(38)30(23-25-13-7-6-8-14-25)35(24-26-15-11-16-27(22-26)41-2)31(37)19-12-21-36(42(3,39)40)29-18-10-9-17-28(29)33/h6-11,13-18,22,30H,4-5,12,19-21,23-24H2,1-3H3,(H,34,38). The summed E-state index contributed by atoms with van der Waals surface area (Å²) < 4.78 is 45.9. The number of rotatable bonds is 16. The fourth-order valence-corrected chi connectivity index (χ4v) is 5.63. The Morgan fingerprint density at radius 1 is 0.952 bits per heavy atom. The molecule has 1 N–H and O–H groups in total. The van der Waals surface area contributed by atoms with Gasteiger partial charge in [0.1, 0.15) is 17.6 Å². The molecule has 42 heavy (non-hydrogen) atoms. The molecule has 0 aromatic heterocycles. The van der Waals surface area contributed by atoms with Crippen LogP contribution in [-0.2, 0) is 32.6 Å². The van der Waals surface area contributed by atoms with E-state index in [2.05, 4.69) is 5.32 Å². The van der Waals surface area contributed by atoms with Crippen molar-refractivity contribution in [1.29, 1.82) is 0 Å². The van der Waals surface area contributed by atoms with Crippen LogP contribution in [0.25, 0.3) is 0 Å². The van der Waals surface area contributed by atoms with Crippen LogP contribution in [0.1, 0.15) is 43.7 Å². The van der Waals surface area contributed by atoms with Gasteiger partial charge in [-0.15, -0.1) is 0 Å². The van der Waals surface area contributed by atoms with Gasteiger partial charge in [0.15, 0.2) is 0 Å². The summed E-state index contributed by atoms with van der Waals surface area (Å²) in [7, 11) is -2.25. The van der Waals surface area contributed by atoms with E-state index in [1.54, 1.807) is 24.1 Å². The van der Waals surface area contributed by atoms with E-state index in [1.807, 2.05) is 55.5 Å². The Balaban J connectivity index is 1.89. The molecule has 3 aromatic rings. The zero-order valence-electron chi connectivity index (χ0n) is 24.5. The fraction of sp³-hybridized carbons (Fsp3) is 0.375. The molecule has 226 valence electrons. The molecule has 0 saturated carbocycles. The lowest BCUT2D eigenvalue weighted by molar-refractivity contribution is -0.141. The summed E-state index contributed by atoms with van der Waals surface area (Å²) in [5.74, 6) is -0.611. The first-order valence-electron chi connectivity index (χ1n) is 14.1. The number of para-hydroxylation sites is 1. The zero-order valence-corrected chi connectivity index (χ0v) is 25.3. The first-order valence-corrected chi connectivity index (χ1v) is 15.9. The average molecular weight is 598 g/mol. The highest BCUT2D eigenvalue weighted by atomic mass is 32.2. The number of halogens is 1. The van der Waals surface area contributed by atoms with E-state index in [1.165, 1.54) is 18.2 Å². The maximum absolute atomic E-state index is 14.5. The number of sulfonamides is 1. The molecule has 3 rings (SSSR count). The molecule has 0 saturated heterocycles. The third-order valence-electron chi connectivity index (χ3n) is 6.86. The summed E-state index contributed by atoms with van der Waals surface area (Å²) in [4.78, 5) is 29.0. The monoisotopic (exact) mass is 597 g/mol. The summed E-state index contributed by atoms with van der Waals surface area (Å²) in [5.41, 5.74) is 1.61. The van der Waals surface area contributed by atoms with Crippen molar-refractivity contribution in [2.24, 2.45) is 0 Å². The van der Waals surface area contributed by atoms with Gasteiger partial charge in [-0.25, -0.2) is 12.8 Å². The van der Waals surface area contributed by atoms with Gasteiger partial charge >= 0.3 is 0 Å². The average Bonchev–Trinajstić information content (AvgIpc) is 2.97. The van der Waals surface area contributed by atoms with Gasteiger partial charge in [0, 0.05) is 32.5 Å². The fourth-order valence-electron chi connectivity index (χ4n) is 4.66. The van der Waals surface area contributed by atoms with Crippen molar-refractivity contribution in [2.75, 3.05) is 30.8 Å². The van der Waals surface area contributed by atoms with Crippen molar-refractivity contribution in [3.63, 3.8) is 0 Å². The number of nitrogens with one attached hydrogen (secondary N) is 1. The number of carbonyl (C=O) groups is 2. The highest BCUT2D eigenvalue weighted by Crippen LogP contribution is 2.23. The smallest absolute Gasteiger partial charge is 0.243 e. The molecule has 1 atom stereocenters. The maximum Gasteiger partial charge on any atom is 0.243 e. The molecule has 0 bridgehead atoms. The molecule has 10 heteroatoms. The molecule has 8 nitrogen and oxygen atoms in total. The molecule has 0 aliphatic carbocycles. The Hall–Kier alpha value is -3.92. The summed E-state index contributed by atoms with van der Waals surface area (Å²) in [6.45, 7) is 2.59. The van der Waals surface area contributed by atoms with Gasteiger partial charge in [0.2, 0.25) is 21.8 Å². The molecule has 0 fully saturated rings. The number of nitrogens with zero attached hydrogens (tertiary/aromatic N) is 2. The minimum absolute atomic E-state index is 0.0437. The first kappa shape index (κ1) is 32.6. The predicted molar refractivity (Wildman–Crippen MR) is 163 cm³/mol. The van der Waals surface area contributed by atoms with Crippen LogP contribution in [-0.4, -0.2) is 57.6 Å². The lowest BCUT2D eigenvalue weighted by Gasteiger charge is -2.32. The van der Waals surface area contributed by atoms with Crippen molar-refractivity contribution in [3.05, 3.63) is 95.8 Å². The van der Waals surface area contributed by atoms with E-state index in [0.29, 0.717) is 18.7 Å². The molecule has 1 unspecified atom stereocenters. The number of carbonyl (C=O) groups excluding carboxylic acids is 2. The van der Waals surface area contributed by atoms with Gasteiger partial charge in [-0.1, -0.05) is 67.9 Å². The van der Waals surface area contributed by atoms with E-state index in [9.17, 15) is 22.4 Å². The maximum atomic E-state index is 14.5. The van der Waals surface area contributed by atoms with Gasteiger partial charge in [-0.2, -0.15) is 0 Å². The number of amides is 2. The van der Waals surface area contributed by atoms with Crippen molar-refractivity contribution >= 4 is 27.5 Å². The number of ether oxygens (including phenoxy) is 1. The van der Waals surface area contributed by atoms with Gasteiger partial charge in [0.25, 0.3) is 0 Å². The van der Waals surface area contributed by atoms with Crippen molar-refractivity contribution in [2.45, 2.75) is 51.6 Å². The van der Waals surface area contributed by atoms with Crippen LogP contribution in [0.15, 0.2) is 78.9 Å². The number of benzene rings is 3. The molecule has 0 spiro atoms. The molecule has 3 aromatic carbocycles.